The predicted octanol–water partition coefficient (Wildman–Crippen LogP) is 1.66. The summed E-state index contributed by atoms with van der Waals surface area (Å²) in [4.78, 5) is 21.1. The lowest BCUT2D eigenvalue weighted by Gasteiger charge is -2.34. The van der Waals surface area contributed by atoms with Crippen molar-refractivity contribution in [1.82, 2.24) is 15.3 Å². The number of rotatable bonds is 4. The van der Waals surface area contributed by atoms with E-state index in [4.69, 9.17) is 0 Å². The SMILES string of the molecule is Cc1cc(Nc2cc(NC3CCS(=O)(=O)C3)ncn2)[n+]([O-])c2c1C(=O)NC21CCCCC1. The molecule has 1 saturated heterocycles. The average Bonchev–Trinajstić information content (AvgIpc) is 3.22. The van der Waals surface area contributed by atoms with Gasteiger partial charge in [-0.3, -0.25) is 4.79 Å². The molecule has 1 unspecified atom stereocenters. The van der Waals surface area contributed by atoms with Crippen LogP contribution in [0.5, 0.6) is 0 Å². The minimum Gasteiger partial charge on any atom is -0.710 e. The van der Waals surface area contributed by atoms with Gasteiger partial charge in [0.2, 0.25) is 5.82 Å². The van der Waals surface area contributed by atoms with Crippen molar-refractivity contribution >= 4 is 33.2 Å². The number of pyridine rings is 1. The lowest BCUT2D eigenvalue weighted by atomic mass is 9.79. The van der Waals surface area contributed by atoms with Gasteiger partial charge in [-0.15, -0.1) is 0 Å². The fraction of sp³-hybridized carbons (Fsp3) is 0.524. The van der Waals surface area contributed by atoms with Gasteiger partial charge in [0.15, 0.2) is 9.84 Å². The number of nitrogens with one attached hydrogen (secondary N) is 3. The second-order valence-electron chi connectivity index (χ2n) is 8.99. The molecule has 2 aliphatic heterocycles. The van der Waals surface area contributed by atoms with Gasteiger partial charge >= 0.3 is 0 Å². The van der Waals surface area contributed by atoms with Crippen LogP contribution >= 0.6 is 0 Å². The van der Waals surface area contributed by atoms with Crippen LogP contribution in [0.4, 0.5) is 17.5 Å². The number of hydrogen-bond acceptors (Lipinski definition) is 8. The summed E-state index contributed by atoms with van der Waals surface area (Å²) in [6.07, 6.45) is 6.43. The Morgan fingerprint density at radius 3 is 2.66 bits per heavy atom. The van der Waals surface area contributed by atoms with Gasteiger partial charge in [0.1, 0.15) is 23.4 Å². The molecule has 1 spiro atoms. The van der Waals surface area contributed by atoms with Crippen molar-refractivity contribution in [3.05, 3.63) is 40.5 Å². The first-order valence-electron chi connectivity index (χ1n) is 10.9. The molecule has 1 saturated carbocycles. The monoisotopic (exact) mass is 458 g/mol. The van der Waals surface area contributed by atoms with Crippen molar-refractivity contribution in [1.29, 1.82) is 0 Å². The molecule has 1 atom stereocenters. The number of hydrogen-bond donors (Lipinski definition) is 3. The number of aryl methyl sites for hydroxylation is 1. The second kappa shape index (κ2) is 7.58. The van der Waals surface area contributed by atoms with E-state index in [-0.39, 0.29) is 29.3 Å². The minimum absolute atomic E-state index is 0.0768. The summed E-state index contributed by atoms with van der Waals surface area (Å²) in [5, 5.41) is 22.7. The number of aromatic nitrogens is 3. The van der Waals surface area contributed by atoms with Gasteiger partial charge in [-0.25, -0.2) is 23.4 Å². The summed E-state index contributed by atoms with van der Waals surface area (Å²) in [7, 11) is -3.01. The van der Waals surface area contributed by atoms with Crippen LogP contribution in [0.2, 0.25) is 0 Å². The highest BCUT2D eigenvalue weighted by Crippen LogP contribution is 2.42. The lowest BCUT2D eigenvalue weighted by molar-refractivity contribution is -0.603. The molecular weight excluding hydrogens is 432 g/mol. The van der Waals surface area contributed by atoms with E-state index in [2.05, 4.69) is 25.9 Å². The molecule has 3 aliphatic rings. The van der Waals surface area contributed by atoms with E-state index in [0.29, 0.717) is 29.3 Å². The van der Waals surface area contributed by atoms with Crippen molar-refractivity contribution in [3.63, 3.8) is 0 Å². The highest BCUT2D eigenvalue weighted by Gasteiger charge is 2.48. The zero-order valence-corrected chi connectivity index (χ0v) is 18.7. The Morgan fingerprint density at radius 1 is 1.19 bits per heavy atom. The average molecular weight is 459 g/mol. The molecule has 2 aromatic rings. The smallest absolute Gasteiger partial charge is 0.284 e. The third kappa shape index (κ3) is 3.64. The lowest BCUT2D eigenvalue weighted by Crippen LogP contribution is -2.49. The molecular formula is C21H26N6O4S. The van der Waals surface area contributed by atoms with E-state index < -0.39 is 15.4 Å². The van der Waals surface area contributed by atoms with Crippen LogP contribution in [-0.2, 0) is 15.4 Å². The quantitative estimate of drug-likeness (QED) is 0.464. The maximum absolute atomic E-state index is 13.4. The number of carbonyl (C=O) groups is 1. The molecule has 5 rings (SSSR count). The zero-order valence-electron chi connectivity index (χ0n) is 17.8. The van der Waals surface area contributed by atoms with E-state index in [1.54, 1.807) is 12.1 Å². The zero-order chi connectivity index (χ0) is 22.5. The minimum atomic E-state index is -3.01. The number of anilines is 3. The summed E-state index contributed by atoms with van der Waals surface area (Å²) in [6, 6.07) is 3.11. The molecule has 4 heterocycles. The molecule has 1 amide bonds. The largest absolute Gasteiger partial charge is 0.710 e. The molecule has 0 radical (unpaired) electrons. The first kappa shape index (κ1) is 20.9. The predicted molar refractivity (Wildman–Crippen MR) is 118 cm³/mol. The number of sulfone groups is 1. The van der Waals surface area contributed by atoms with Gasteiger partial charge in [-0.2, -0.15) is 4.98 Å². The van der Waals surface area contributed by atoms with Crippen LogP contribution in [0.1, 0.15) is 60.1 Å². The van der Waals surface area contributed by atoms with Crippen LogP contribution in [0.3, 0.4) is 0 Å². The van der Waals surface area contributed by atoms with Gasteiger partial charge in [0.05, 0.1) is 17.1 Å². The Labute approximate surface area is 186 Å². The topological polar surface area (TPSA) is 140 Å². The molecule has 11 heteroatoms. The maximum atomic E-state index is 13.4. The molecule has 0 aromatic carbocycles. The number of fused-ring (bicyclic) bond motifs is 2. The van der Waals surface area contributed by atoms with Gasteiger partial charge in [-0.05, 0) is 31.7 Å². The molecule has 3 N–H and O–H groups in total. The number of nitrogens with zero attached hydrogens (tertiary/aromatic N) is 3. The third-order valence-electron chi connectivity index (χ3n) is 6.65. The van der Waals surface area contributed by atoms with Gasteiger partial charge in [-0.1, -0.05) is 19.3 Å². The molecule has 2 fully saturated rings. The van der Waals surface area contributed by atoms with E-state index in [1.165, 1.54) is 6.33 Å². The van der Waals surface area contributed by atoms with E-state index in [0.717, 1.165) is 42.4 Å². The van der Waals surface area contributed by atoms with Crippen molar-refractivity contribution in [2.45, 2.75) is 57.0 Å². The van der Waals surface area contributed by atoms with E-state index in [1.807, 2.05) is 6.92 Å². The third-order valence-corrected chi connectivity index (χ3v) is 8.42. The van der Waals surface area contributed by atoms with Gasteiger partial charge < -0.3 is 15.8 Å². The van der Waals surface area contributed by atoms with E-state index >= 15 is 0 Å². The highest BCUT2D eigenvalue weighted by atomic mass is 32.2. The van der Waals surface area contributed by atoms with Crippen LogP contribution in [0, 0.1) is 12.1 Å². The fourth-order valence-electron chi connectivity index (χ4n) is 5.16. The molecule has 10 nitrogen and oxygen atoms in total. The Morgan fingerprint density at radius 2 is 1.94 bits per heavy atom. The summed E-state index contributed by atoms with van der Waals surface area (Å²) in [6.45, 7) is 1.83. The first-order valence-corrected chi connectivity index (χ1v) is 12.7. The maximum Gasteiger partial charge on any atom is 0.284 e. The first-order chi connectivity index (χ1) is 15.3. The standard InChI is InChI=1S/C21H26N6O4S/c1-13-9-17(27(29)19-18(13)20(28)26-21(19)6-3-2-4-7-21)25-16-10-15(22-12-23-16)24-14-5-8-32(30,31)11-14/h9-10,12,14H,2-8,11H2,1H3,(H,26,28)(H2,22,23,24,25). The van der Waals surface area contributed by atoms with Crippen molar-refractivity contribution in [3.8, 4) is 0 Å². The van der Waals surface area contributed by atoms with Crippen LogP contribution in [0.15, 0.2) is 18.5 Å². The van der Waals surface area contributed by atoms with Gasteiger partial charge in [0, 0.05) is 18.2 Å². The normalized spacial score (nSPS) is 23.0. The highest BCUT2D eigenvalue weighted by molar-refractivity contribution is 7.91. The fourth-order valence-corrected chi connectivity index (χ4v) is 6.84. The van der Waals surface area contributed by atoms with Gasteiger partial charge in [0.25, 0.3) is 11.7 Å². The summed E-state index contributed by atoms with van der Waals surface area (Å²) < 4.78 is 24.2. The van der Waals surface area contributed by atoms with Crippen molar-refractivity contribution < 1.29 is 17.9 Å². The summed E-state index contributed by atoms with van der Waals surface area (Å²) in [5.74, 6) is 1.24. The summed E-state index contributed by atoms with van der Waals surface area (Å²) in [5.41, 5.74) is 1.09. The van der Waals surface area contributed by atoms with Crippen LogP contribution in [0.25, 0.3) is 0 Å². The molecule has 170 valence electrons. The van der Waals surface area contributed by atoms with Crippen LogP contribution < -0.4 is 20.7 Å². The Bertz CT molecular complexity index is 1190. The Balaban J connectivity index is 1.44. The summed E-state index contributed by atoms with van der Waals surface area (Å²) >= 11 is 0. The molecule has 0 bridgehead atoms. The van der Waals surface area contributed by atoms with Crippen molar-refractivity contribution in [2.75, 3.05) is 22.1 Å². The number of amides is 1. The molecule has 1 aliphatic carbocycles. The molecule has 2 aromatic heterocycles. The van der Waals surface area contributed by atoms with Crippen molar-refractivity contribution in [2.24, 2.45) is 0 Å². The Hall–Kier alpha value is -2.95. The van der Waals surface area contributed by atoms with Crippen LogP contribution in [-0.4, -0.2) is 41.8 Å². The van der Waals surface area contributed by atoms with E-state index in [9.17, 15) is 18.4 Å². The molecule has 32 heavy (non-hydrogen) atoms. The number of carbonyl (C=O) groups excluding carboxylic acids is 1. The second-order valence-corrected chi connectivity index (χ2v) is 11.2. The Kier molecular flexibility index (Phi) is 4.95.